The van der Waals surface area contributed by atoms with Gasteiger partial charge in [0.2, 0.25) is 0 Å². The van der Waals surface area contributed by atoms with Crippen molar-refractivity contribution in [1.29, 1.82) is 0 Å². The molecule has 0 spiro atoms. The highest BCUT2D eigenvalue weighted by molar-refractivity contribution is 9.11. The van der Waals surface area contributed by atoms with Crippen LogP contribution in [0.25, 0.3) is 34.2 Å². The minimum atomic E-state index is -3.93. The van der Waals surface area contributed by atoms with Crippen LogP contribution in [0.5, 0.6) is 0 Å². The number of nitrogens with one attached hydrogen (secondary N) is 2. The molecule has 3 aromatic carbocycles. The van der Waals surface area contributed by atoms with Gasteiger partial charge in [-0.05, 0) is 146 Å². The average molecular weight is 1590 g/mol. The monoisotopic (exact) mass is 1590 g/mol. The van der Waals surface area contributed by atoms with Crippen molar-refractivity contribution in [3.05, 3.63) is 307 Å². The summed E-state index contributed by atoms with van der Waals surface area (Å²) in [6, 6.07) is 35.9. The van der Waals surface area contributed by atoms with Gasteiger partial charge < -0.3 is 16.4 Å². The van der Waals surface area contributed by atoms with Crippen LogP contribution in [0.3, 0.4) is 0 Å². The maximum atomic E-state index is 13.4. The minimum Gasteiger partial charge on any atom is -0.398 e. The predicted octanol–water partition coefficient (Wildman–Crippen LogP) is 14.4. The Balaban J connectivity index is 0.000000131. The van der Waals surface area contributed by atoms with E-state index in [4.69, 9.17) is 5.73 Å². The fourth-order valence-electron chi connectivity index (χ4n) is 10.1. The van der Waals surface area contributed by atoms with Crippen LogP contribution >= 0.6 is 79.6 Å². The first-order valence-corrected chi connectivity index (χ1v) is 34.2. The Kier molecular flexibility index (Phi) is 21.0. The molecule has 472 valence electrons. The van der Waals surface area contributed by atoms with E-state index in [1.165, 1.54) is 29.8 Å². The van der Waals surface area contributed by atoms with Gasteiger partial charge in [0.05, 0.1) is 80.5 Å². The summed E-state index contributed by atoms with van der Waals surface area (Å²) in [4.78, 5) is 57.1. The lowest BCUT2D eigenvalue weighted by atomic mass is 10.2. The number of pyridine rings is 5. The van der Waals surface area contributed by atoms with Crippen LogP contribution in [0.2, 0.25) is 0 Å². The Morgan fingerprint density at radius 3 is 1.68 bits per heavy atom. The molecule has 11 aromatic rings. The van der Waals surface area contributed by atoms with Gasteiger partial charge in [0.15, 0.2) is 5.65 Å². The Hall–Kier alpha value is -9.18. The van der Waals surface area contributed by atoms with Crippen LogP contribution in [0, 0.1) is 17.0 Å². The molecule has 0 saturated carbocycles. The van der Waals surface area contributed by atoms with Crippen molar-refractivity contribution >= 4 is 141 Å². The SMILES string of the molecule is Brc1cnc2c(c1)C=CC2.Cc1ccc(S(=O)(=O)n2cc(NC(=O)c3cnn(Cc4ccccc4)c3)c3cc(Br)cnc32)cc1.NC1=CCc2ncc(Br)cc21.O=C(NC1=CCc2ncc(Br)cc21)c1cnn(Cc2ccccc2)c1.O=[N+]([O-])C1=CCc2ncc(Br)cc21. The number of carbonyl (C=O) groups is 2. The average Bonchev–Trinajstić information content (AvgIpc) is 1.61. The molecule has 4 aliphatic rings. The van der Waals surface area contributed by atoms with Gasteiger partial charge in [-0.1, -0.05) is 103 Å². The topological polar surface area (TPSA) is 267 Å². The molecule has 4 aliphatic carbocycles. The second kappa shape index (κ2) is 29.8. The first kappa shape index (κ1) is 66.3. The predicted molar refractivity (Wildman–Crippen MR) is 379 cm³/mol. The smallest absolute Gasteiger partial charge is 0.274 e. The lowest BCUT2D eigenvalue weighted by molar-refractivity contribution is -0.375. The molecule has 0 radical (unpaired) electrons. The molecule has 0 aliphatic heterocycles. The normalized spacial score (nSPS) is 12.7. The molecule has 0 atom stereocenters. The van der Waals surface area contributed by atoms with E-state index in [2.05, 4.69) is 144 Å². The molecule has 0 saturated heterocycles. The summed E-state index contributed by atoms with van der Waals surface area (Å²) in [5.74, 6) is -0.575. The molecule has 26 heteroatoms. The molecule has 0 bridgehead atoms. The molecular weight excluding hydrogens is 1540 g/mol. The van der Waals surface area contributed by atoms with E-state index in [9.17, 15) is 28.1 Å². The van der Waals surface area contributed by atoms with Crippen LogP contribution in [0.1, 0.15) is 82.4 Å². The zero-order valence-electron chi connectivity index (χ0n) is 49.6. The van der Waals surface area contributed by atoms with Crippen molar-refractivity contribution < 1.29 is 22.9 Å². The third kappa shape index (κ3) is 16.2. The van der Waals surface area contributed by atoms with E-state index in [1.807, 2.05) is 98.1 Å². The zero-order valence-corrected chi connectivity index (χ0v) is 58.4. The molecule has 94 heavy (non-hydrogen) atoms. The van der Waals surface area contributed by atoms with Gasteiger partial charge in [0, 0.05) is 132 Å². The molecule has 15 rings (SSSR count). The Bertz CT molecular complexity index is 4940. The summed E-state index contributed by atoms with van der Waals surface area (Å²) in [7, 11) is -3.93. The van der Waals surface area contributed by atoms with E-state index in [-0.39, 0.29) is 27.1 Å². The molecular formula is C68H53Br5N14O6S. The minimum absolute atomic E-state index is 0.129. The first-order valence-electron chi connectivity index (χ1n) is 28.8. The molecule has 8 aromatic heterocycles. The quantitative estimate of drug-likeness (QED) is 0.0803. The lowest BCUT2D eigenvalue weighted by Gasteiger charge is -2.07. The number of hydrogen-bond acceptors (Lipinski definition) is 14. The van der Waals surface area contributed by atoms with E-state index < -0.39 is 15.9 Å². The number of nitrogens with zero attached hydrogens (tertiary/aromatic N) is 11. The number of nitrogens with two attached hydrogens (primary N) is 1. The van der Waals surface area contributed by atoms with Crippen molar-refractivity contribution in [2.45, 2.75) is 50.6 Å². The molecule has 20 nitrogen and oxygen atoms in total. The van der Waals surface area contributed by atoms with Gasteiger partial charge in [-0.15, -0.1) is 0 Å². The molecule has 2 amide bonds. The Labute approximate surface area is 581 Å². The van der Waals surface area contributed by atoms with E-state index in [1.54, 1.807) is 89.0 Å². The number of halogens is 5. The number of fused-ring (bicyclic) bond motifs is 5. The summed E-state index contributed by atoms with van der Waals surface area (Å²) in [5.41, 5.74) is 20.0. The van der Waals surface area contributed by atoms with Gasteiger partial charge >= 0.3 is 0 Å². The van der Waals surface area contributed by atoms with Crippen molar-refractivity contribution in [1.82, 2.24) is 53.8 Å². The number of nitro groups is 1. The number of anilines is 1. The van der Waals surface area contributed by atoms with E-state index in [0.29, 0.717) is 51.7 Å². The Morgan fingerprint density at radius 1 is 0.574 bits per heavy atom. The maximum absolute atomic E-state index is 13.4. The number of allylic oxidation sites excluding steroid dienone is 4. The van der Waals surface area contributed by atoms with Gasteiger partial charge in [-0.25, -0.2) is 17.4 Å². The molecule has 4 N–H and O–H groups in total. The fraction of sp³-hybridized carbons (Fsp3) is 0.103. The van der Waals surface area contributed by atoms with Crippen LogP contribution < -0.4 is 16.4 Å². The van der Waals surface area contributed by atoms with Crippen molar-refractivity contribution in [3.8, 4) is 0 Å². The highest BCUT2D eigenvalue weighted by Crippen LogP contribution is 2.33. The second-order valence-electron chi connectivity index (χ2n) is 21.4. The van der Waals surface area contributed by atoms with Gasteiger partial charge in [0.1, 0.15) is 0 Å². The van der Waals surface area contributed by atoms with Gasteiger partial charge in [-0.2, -0.15) is 10.2 Å². The Morgan fingerprint density at radius 2 is 1.07 bits per heavy atom. The van der Waals surface area contributed by atoms with E-state index in [0.717, 1.165) is 97.4 Å². The molecule has 8 heterocycles. The number of amides is 2. The summed E-state index contributed by atoms with van der Waals surface area (Å²) in [6.45, 7) is 3.05. The van der Waals surface area contributed by atoms with Crippen LogP contribution in [0.15, 0.2) is 229 Å². The first-order chi connectivity index (χ1) is 45.3. The van der Waals surface area contributed by atoms with Crippen LogP contribution in [0.4, 0.5) is 5.69 Å². The van der Waals surface area contributed by atoms with Crippen molar-refractivity contribution in [3.63, 3.8) is 0 Å². The van der Waals surface area contributed by atoms with Crippen LogP contribution in [-0.4, -0.2) is 73.6 Å². The number of hydrogen-bond donors (Lipinski definition) is 3. The third-order valence-electron chi connectivity index (χ3n) is 14.8. The standard InChI is InChI=1S/C25H20BrN5O3S.C19H15BrN4O.C8H5BrN2O2.C8H7BrN2.C8H6BrN/c1-17-7-9-21(10-8-17)35(33,34)31-16-23(22-11-20(26)13-27-24(22)31)29-25(32)19-12-28-30(15-19)14-18-5-3-2-4-6-18;20-15-8-16-17(21-10-15)6-7-18(16)23-19(25)14-9-22-24(12-14)11-13-4-2-1-3-5-13;9-5-3-6-7(10-4-5)1-2-8(6)11(12)13;9-5-3-6-7(10)1-2-8(6)11-4-5;9-7-4-6-2-1-3-8(6)10-5-7/h2-13,15-16H,14H2,1H3,(H,29,32);1-5,7-10,12H,6,11H2,(H,23,25);2-4H,1H2;1,3-4H,2,10H2;1-2,4-5H,3H2. The number of aromatic nitrogens is 10. The molecule has 0 unspecified atom stereocenters. The van der Waals surface area contributed by atoms with Crippen molar-refractivity contribution in [2.24, 2.45) is 5.73 Å². The number of carbonyl (C=O) groups excluding carboxylic acids is 2. The summed E-state index contributed by atoms with van der Waals surface area (Å²) in [5, 5.41) is 25.4. The maximum Gasteiger partial charge on any atom is 0.274 e. The summed E-state index contributed by atoms with van der Waals surface area (Å²) in [6.07, 6.45) is 29.4. The zero-order chi connectivity index (χ0) is 66.0. The second-order valence-corrected chi connectivity index (χ2v) is 27.8. The number of benzene rings is 3. The number of aryl methyl sites for hydroxylation is 1. The highest BCUT2D eigenvalue weighted by atomic mass is 79.9. The fourth-order valence-corrected chi connectivity index (χ4v) is 13.1. The van der Waals surface area contributed by atoms with Crippen molar-refractivity contribution in [2.75, 3.05) is 5.32 Å². The number of rotatable bonds is 11. The summed E-state index contributed by atoms with van der Waals surface area (Å²) >= 11 is 16.7. The summed E-state index contributed by atoms with van der Waals surface area (Å²) < 4.78 is 35.6. The van der Waals surface area contributed by atoms with Crippen LogP contribution in [-0.2, 0) is 48.8 Å². The largest absolute Gasteiger partial charge is 0.398 e. The van der Waals surface area contributed by atoms with Gasteiger partial charge in [-0.3, -0.25) is 49.0 Å². The lowest BCUT2D eigenvalue weighted by Crippen LogP contribution is -2.21. The highest BCUT2D eigenvalue weighted by Gasteiger charge is 2.26. The third-order valence-corrected chi connectivity index (χ3v) is 18.6. The van der Waals surface area contributed by atoms with E-state index >= 15 is 0 Å². The molecule has 0 fully saturated rings. The van der Waals surface area contributed by atoms with Gasteiger partial charge in [0.25, 0.3) is 27.5 Å².